The molecule has 2 aromatic heterocycles. The van der Waals surface area contributed by atoms with Gasteiger partial charge >= 0.3 is 6.03 Å². The van der Waals surface area contributed by atoms with Crippen molar-refractivity contribution in [2.45, 2.75) is 38.9 Å². The van der Waals surface area contributed by atoms with E-state index in [2.05, 4.69) is 5.32 Å². The summed E-state index contributed by atoms with van der Waals surface area (Å²) < 4.78 is 24.9. The van der Waals surface area contributed by atoms with E-state index in [9.17, 15) is 14.0 Å². The fourth-order valence-electron chi connectivity index (χ4n) is 3.99. The number of fused-ring (bicyclic) bond motifs is 1. The number of nitrogens with one attached hydrogen (secondary N) is 1. The lowest BCUT2D eigenvalue weighted by molar-refractivity contribution is -0.135. The van der Waals surface area contributed by atoms with Crippen molar-refractivity contribution in [2.24, 2.45) is 0 Å². The second-order valence-corrected chi connectivity index (χ2v) is 9.46. The average molecular weight is 486 g/mol. The zero-order valence-corrected chi connectivity index (χ0v) is 20.0. The van der Waals surface area contributed by atoms with Crippen molar-refractivity contribution in [1.29, 1.82) is 0 Å². The lowest BCUT2D eigenvalue weighted by Crippen LogP contribution is -2.50. The number of rotatable bonds is 8. The first-order valence-corrected chi connectivity index (χ1v) is 12.1. The fraction of sp³-hybridized carbons (Fsp3) is 0.360. The fourth-order valence-corrected chi connectivity index (χ4v) is 4.92. The lowest BCUT2D eigenvalue weighted by Gasteiger charge is -2.37. The second-order valence-electron chi connectivity index (χ2n) is 8.46. The van der Waals surface area contributed by atoms with E-state index in [0.717, 1.165) is 12.0 Å². The molecule has 0 unspecified atom stereocenters. The Morgan fingerprint density at radius 1 is 1.29 bits per heavy atom. The first-order valence-electron chi connectivity index (χ1n) is 11.2. The molecule has 1 aliphatic rings. The molecule has 9 heteroatoms. The van der Waals surface area contributed by atoms with Crippen LogP contribution in [0.25, 0.3) is 0 Å². The van der Waals surface area contributed by atoms with Gasteiger partial charge in [-0.15, -0.1) is 11.3 Å². The smallest absolute Gasteiger partial charge is 0.318 e. The molecule has 3 heterocycles. The van der Waals surface area contributed by atoms with Crippen LogP contribution in [0.15, 0.2) is 58.5 Å². The zero-order valence-electron chi connectivity index (χ0n) is 19.2. The Morgan fingerprint density at radius 2 is 2.15 bits per heavy atom. The lowest BCUT2D eigenvalue weighted by atomic mass is 10.0. The van der Waals surface area contributed by atoms with E-state index in [1.807, 2.05) is 25.3 Å². The van der Waals surface area contributed by atoms with Gasteiger partial charge in [-0.2, -0.15) is 0 Å². The minimum absolute atomic E-state index is 0.0718. The highest BCUT2D eigenvalue weighted by molar-refractivity contribution is 7.10. The van der Waals surface area contributed by atoms with Crippen LogP contribution in [0, 0.1) is 5.82 Å². The molecule has 34 heavy (non-hydrogen) atoms. The van der Waals surface area contributed by atoms with Crippen LogP contribution in [0.3, 0.4) is 0 Å². The Bertz CT molecular complexity index is 1120. The monoisotopic (exact) mass is 485 g/mol. The number of ether oxygens (including phenoxy) is 1. The number of halogens is 1. The summed E-state index contributed by atoms with van der Waals surface area (Å²) in [6.07, 6.45) is 2.28. The second kappa shape index (κ2) is 10.7. The molecule has 180 valence electrons. The van der Waals surface area contributed by atoms with Crippen molar-refractivity contribution in [2.75, 3.05) is 19.7 Å². The third-order valence-corrected chi connectivity index (χ3v) is 6.57. The molecule has 7 nitrogen and oxygen atoms in total. The summed E-state index contributed by atoms with van der Waals surface area (Å²) in [6.45, 7) is 4.52. The summed E-state index contributed by atoms with van der Waals surface area (Å²) in [4.78, 5) is 30.7. The van der Waals surface area contributed by atoms with Gasteiger partial charge in [0.15, 0.2) is 0 Å². The van der Waals surface area contributed by atoms with Crippen LogP contribution in [-0.4, -0.2) is 47.5 Å². The van der Waals surface area contributed by atoms with E-state index >= 15 is 0 Å². The van der Waals surface area contributed by atoms with Gasteiger partial charge in [-0.05, 0) is 61.5 Å². The summed E-state index contributed by atoms with van der Waals surface area (Å²) in [5.41, 5.74) is 1.03. The van der Waals surface area contributed by atoms with Crippen LogP contribution in [0.1, 0.15) is 36.1 Å². The number of thiophene rings is 1. The topological polar surface area (TPSA) is 75.0 Å². The maximum absolute atomic E-state index is 13.6. The van der Waals surface area contributed by atoms with Crippen LogP contribution in [0.4, 0.5) is 9.18 Å². The third-order valence-electron chi connectivity index (χ3n) is 5.57. The number of amides is 3. The van der Waals surface area contributed by atoms with E-state index in [1.165, 1.54) is 28.2 Å². The van der Waals surface area contributed by atoms with Crippen molar-refractivity contribution in [1.82, 2.24) is 15.1 Å². The van der Waals surface area contributed by atoms with E-state index in [-0.39, 0.29) is 49.5 Å². The molecular weight excluding hydrogens is 457 g/mol. The molecule has 0 aliphatic carbocycles. The van der Waals surface area contributed by atoms with Crippen LogP contribution in [-0.2, 0) is 17.8 Å². The predicted molar refractivity (Wildman–Crippen MR) is 127 cm³/mol. The Balaban J connectivity index is 1.51. The van der Waals surface area contributed by atoms with Crippen LogP contribution >= 0.6 is 11.3 Å². The van der Waals surface area contributed by atoms with Gasteiger partial charge in [-0.3, -0.25) is 4.79 Å². The van der Waals surface area contributed by atoms with Crippen LogP contribution < -0.4 is 10.1 Å². The Labute approximate surface area is 202 Å². The van der Waals surface area contributed by atoms with Gasteiger partial charge in [0, 0.05) is 23.5 Å². The van der Waals surface area contributed by atoms with E-state index in [1.54, 1.807) is 40.5 Å². The number of furan rings is 1. The van der Waals surface area contributed by atoms with Crippen molar-refractivity contribution >= 4 is 23.3 Å². The molecule has 1 N–H and O–H groups in total. The molecule has 3 aromatic rings. The molecule has 1 atom stereocenters. The van der Waals surface area contributed by atoms with E-state index in [4.69, 9.17) is 9.15 Å². The predicted octanol–water partition coefficient (Wildman–Crippen LogP) is 4.61. The van der Waals surface area contributed by atoms with Crippen molar-refractivity contribution in [3.63, 3.8) is 0 Å². The Hall–Kier alpha value is -3.33. The number of nitrogens with zero attached hydrogens (tertiary/aromatic N) is 2. The zero-order chi connectivity index (χ0) is 24.1. The molecule has 0 saturated heterocycles. The highest BCUT2D eigenvalue weighted by atomic mass is 32.1. The quantitative estimate of drug-likeness (QED) is 0.506. The average Bonchev–Trinajstić information content (AvgIpc) is 3.48. The maximum Gasteiger partial charge on any atom is 0.318 e. The summed E-state index contributed by atoms with van der Waals surface area (Å²) in [7, 11) is 0. The van der Waals surface area contributed by atoms with Gasteiger partial charge in [0.2, 0.25) is 5.91 Å². The molecule has 3 amide bonds. The number of carbonyl (C=O) groups is 2. The normalized spacial score (nSPS) is 15.2. The minimum atomic E-state index is -0.380. The van der Waals surface area contributed by atoms with Crippen LogP contribution in [0.2, 0.25) is 0 Å². The third kappa shape index (κ3) is 5.77. The summed E-state index contributed by atoms with van der Waals surface area (Å²) in [5.74, 6) is 0.437. The van der Waals surface area contributed by atoms with E-state index < -0.39 is 0 Å². The maximum atomic E-state index is 13.6. The molecule has 1 aliphatic heterocycles. The molecule has 1 aromatic carbocycles. The van der Waals surface area contributed by atoms with Gasteiger partial charge in [0.05, 0.1) is 18.8 Å². The first-order chi connectivity index (χ1) is 16.4. The number of benzene rings is 1. The first kappa shape index (κ1) is 23.8. The van der Waals surface area contributed by atoms with Gasteiger partial charge in [0.25, 0.3) is 0 Å². The molecular formula is C25H28FN3O4S. The van der Waals surface area contributed by atoms with Crippen molar-refractivity contribution in [3.05, 3.63) is 76.1 Å². The molecule has 0 spiro atoms. The molecule has 0 saturated carbocycles. The van der Waals surface area contributed by atoms with E-state index in [0.29, 0.717) is 18.1 Å². The summed E-state index contributed by atoms with van der Waals surface area (Å²) in [6, 6.07) is 10.7. The summed E-state index contributed by atoms with van der Waals surface area (Å²) in [5, 5.41) is 4.86. The molecule has 4 rings (SSSR count). The highest BCUT2D eigenvalue weighted by Crippen LogP contribution is 2.34. The largest absolute Gasteiger partial charge is 0.491 e. The Kier molecular flexibility index (Phi) is 7.52. The van der Waals surface area contributed by atoms with Gasteiger partial charge in [-0.25, -0.2) is 9.18 Å². The number of hydrogen-bond acceptors (Lipinski definition) is 5. The number of urea groups is 1. The minimum Gasteiger partial charge on any atom is -0.491 e. The van der Waals surface area contributed by atoms with Gasteiger partial charge < -0.3 is 24.3 Å². The standard InChI is InChI=1S/C25H28FN3O4S/c1-17(2)27-25(31)28(14-20-7-4-11-32-20)15-24(30)29-10-8-23-21(9-12-34-23)22(29)16-33-19-6-3-5-18(26)13-19/h3-7,9,11-13,17,22H,8,10,14-16H2,1-2H3,(H,27,31)/t22-/m1/s1. The van der Waals surface area contributed by atoms with Crippen molar-refractivity contribution < 1.29 is 23.1 Å². The van der Waals surface area contributed by atoms with Gasteiger partial charge in [0.1, 0.15) is 30.5 Å². The molecule has 0 radical (unpaired) electrons. The number of hydrogen-bond donors (Lipinski definition) is 1. The molecule has 0 fully saturated rings. The van der Waals surface area contributed by atoms with Crippen molar-refractivity contribution in [3.8, 4) is 5.75 Å². The highest BCUT2D eigenvalue weighted by Gasteiger charge is 2.33. The summed E-state index contributed by atoms with van der Waals surface area (Å²) >= 11 is 1.65. The Morgan fingerprint density at radius 3 is 2.88 bits per heavy atom. The SMILES string of the molecule is CC(C)NC(=O)N(CC(=O)N1CCc2sccc2[C@H]1COc1cccc(F)c1)Cc1ccco1. The molecule has 0 bridgehead atoms. The van der Waals surface area contributed by atoms with Gasteiger partial charge in [-0.1, -0.05) is 6.07 Å². The number of carbonyl (C=O) groups excluding carboxylic acids is 2. The van der Waals surface area contributed by atoms with Crippen LogP contribution in [0.5, 0.6) is 5.75 Å².